The van der Waals surface area contributed by atoms with Gasteiger partial charge in [-0.05, 0) is 36.8 Å². The molecule has 0 fully saturated rings. The molecular formula is C16H18N2O4. The molecule has 1 atom stereocenters. The Morgan fingerprint density at radius 1 is 1.18 bits per heavy atom. The molecule has 116 valence electrons. The van der Waals surface area contributed by atoms with Gasteiger partial charge in [-0.2, -0.15) is 0 Å². The lowest BCUT2D eigenvalue weighted by Gasteiger charge is -2.16. The Balaban J connectivity index is 2.23. The van der Waals surface area contributed by atoms with Crippen LogP contribution in [0.1, 0.15) is 27.8 Å². The molecular weight excluding hydrogens is 284 g/mol. The van der Waals surface area contributed by atoms with Crippen LogP contribution in [0.3, 0.4) is 0 Å². The third-order valence-electron chi connectivity index (χ3n) is 3.58. The minimum Gasteiger partial charge on any atom is -0.497 e. The zero-order valence-electron chi connectivity index (χ0n) is 12.7. The number of hydrogen-bond acceptors (Lipinski definition) is 3. The topological polar surface area (TPSA) is 80.6 Å². The highest BCUT2D eigenvalue weighted by Crippen LogP contribution is 2.19. The minimum atomic E-state index is -1.12. The van der Waals surface area contributed by atoms with Crippen LogP contribution in [-0.2, 0) is 11.8 Å². The Bertz CT molecular complexity index is 689. The van der Waals surface area contributed by atoms with Crippen molar-refractivity contribution in [1.29, 1.82) is 0 Å². The summed E-state index contributed by atoms with van der Waals surface area (Å²) < 4.78 is 6.75. The summed E-state index contributed by atoms with van der Waals surface area (Å²) in [6.45, 7) is 1.87. The van der Waals surface area contributed by atoms with Gasteiger partial charge in [0.1, 0.15) is 11.4 Å². The Labute approximate surface area is 128 Å². The average molecular weight is 302 g/mol. The van der Waals surface area contributed by atoms with E-state index in [4.69, 9.17) is 4.74 Å². The molecule has 1 amide bonds. The zero-order valence-corrected chi connectivity index (χ0v) is 12.7. The molecule has 1 aromatic heterocycles. The largest absolute Gasteiger partial charge is 0.497 e. The molecule has 0 aliphatic rings. The van der Waals surface area contributed by atoms with Gasteiger partial charge in [-0.15, -0.1) is 0 Å². The normalized spacial score (nSPS) is 11.8. The zero-order chi connectivity index (χ0) is 16.3. The molecule has 0 spiro atoms. The van der Waals surface area contributed by atoms with Crippen molar-refractivity contribution in [3.05, 3.63) is 53.3 Å². The molecule has 22 heavy (non-hydrogen) atoms. The van der Waals surface area contributed by atoms with Crippen LogP contribution in [0.15, 0.2) is 36.4 Å². The Hall–Kier alpha value is -2.76. The maximum Gasteiger partial charge on any atom is 0.330 e. The summed E-state index contributed by atoms with van der Waals surface area (Å²) in [5.41, 5.74) is 1.81. The number of carboxylic acids is 1. The fourth-order valence-electron chi connectivity index (χ4n) is 2.13. The molecule has 0 aliphatic heterocycles. The van der Waals surface area contributed by atoms with Crippen molar-refractivity contribution >= 4 is 11.9 Å². The van der Waals surface area contributed by atoms with Crippen LogP contribution >= 0.6 is 0 Å². The van der Waals surface area contributed by atoms with E-state index in [1.807, 2.05) is 6.92 Å². The van der Waals surface area contributed by atoms with Crippen LogP contribution in [0.2, 0.25) is 0 Å². The first-order valence-electron chi connectivity index (χ1n) is 6.74. The molecule has 1 heterocycles. The fourth-order valence-corrected chi connectivity index (χ4v) is 2.13. The second-order valence-corrected chi connectivity index (χ2v) is 4.94. The van der Waals surface area contributed by atoms with E-state index in [9.17, 15) is 14.7 Å². The number of benzene rings is 1. The number of nitrogens with zero attached hydrogens (tertiary/aromatic N) is 1. The summed E-state index contributed by atoms with van der Waals surface area (Å²) in [6, 6.07) is 8.90. The number of methoxy groups -OCH3 is 1. The van der Waals surface area contributed by atoms with Gasteiger partial charge in [0.15, 0.2) is 6.04 Å². The number of carbonyl (C=O) groups excluding carboxylic acids is 1. The van der Waals surface area contributed by atoms with Crippen LogP contribution in [0.4, 0.5) is 0 Å². The lowest BCUT2D eigenvalue weighted by atomic mass is 10.1. The number of nitrogens with one attached hydrogen (secondary N) is 1. The molecule has 6 heteroatoms. The Morgan fingerprint density at radius 3 is 2.27 bits per heavy atom. The standard InChI is InChI=1S/C16H18N2O4/c1-10-4-9-13(18(10)2)15(19)17-14(16(20)21)11-5-7-12(22-3)8-6-11/h4-9,14H,1-3H3,(H,17,19)(H,20,21). The van der Waals surface area contributed by atoms with Crippen molar-refractivity contribution < 1.29 is 19.4 Å². The number of rotatable bonds is 5. The highest BCUT2D eigenvalue weighted by Gasteiger charge is 2.23. The lowest BCUT2D eigenvalue weighted by Crippen LogP contribution is -2.34. The fraction of sp³-hybridized carbons (Fsp3) is 0.250. The summed E-state index contributed by atoms with van der Waals surface area (Å²) in [6.07, 6.45) is 0. The molecule has 0 saturated carbocycles. The predicted octanol–water partition coefficient (Wildman–Crippen LogP) is 1.90. The van der Waals surface area contributed by atoms with E-state index >= 15 is 0 Å². The van der Waals surface area contributed by atoms with Gasteiger partial charge in [0.05, 0.1) is 7.11 Å². The van der Waals surface area contributed by atoms with Gasteiger partial charge in [0.25, 0.3) is 5.91 Å². The van der Waals surface area contributed by atoms with E-state index in [1.165, 1.54) is 7.11 Å². The summed E-state index contributed by atoms with van der Waals surface area (Å²) in [7, 11) is 3.29. The number of ether oxygens (including phenoxy) is 1. The van der Waals surface area contributed by atoms with E-state index in [0.717, 1.165) is 5.69 Å². The number of hydrogen-bond donors (Lipinski definition) is 2. The second-order valence-electron chi connectivity index (χ2n) is 4.94. The van der Waals surface area contributed by atoms with Crippen molar-refractivity contribution in [3.8, 4) is 5.75 Å². The molecule has 2 aromatic rings. The van der Waals surface area contributed by atoms with E-state index in [2.05, 4.69) is 5.32 Å². The molecule has 1 aromatic carbocycles. The highest BCUT2D eigenvalue weighted by atomic mass is 16.5. The number of aromatic nitrogens is 1. The summed E-state index contributed by atoms with van der Waals surface area (Å²) >= 11 is 0. The van der Waals surface area contributed by atoms with Gasteiger partial charge in [0, 0.05) is 12.7 Å². The predicted molar refractivity (Wildman–Crippen MR) is 81.0 cm³/mol. The number of carboxylic acid groups (broad SMARTS) is 1. The van der Waals surface area contributed by atoms with Crippen LogP contribution in [-0.4, -0.2) is 28.7 Å². The molecule has 0 radical (unpaired) electrons. The van der Waals surface area contributed by atoms with Gasteiger partial charge in [-0.3, -0.25) is 4.79 Å². The summed E-state index contributed by atoms with van der Waals surface area (Å²) in [4.78, 5) is 23.7. The molecule has 0 aliphatic carbocycles. The maximum atomic E-state index is 12.3. The van der Waals surface area contributed by atoms with Gasteiger partial charge < -0.3 is 19.7 Å². The number of aryl methyl sites for hydroxylation is 1. The molecule has 2 rings (SSSR count). The van der Waals surface area contributed by atoms with Gasteiger partial charge in [0.2, 0.25) is 0 Å². The summed E-state index contributed by atoms with van der Waals surface area (Å²) in [5.74, 6) is -0.930. The minimum absolute atomic E-state index is 0.414. The van der Waals surface area contributed by atoms with Crippen LogP contribution in [0.25, 0.3) is 0 Å². The maximum absolute atomic E-state index is 12.3. The first-order valence-corrected chi connectivity index (χ1v) is 6.74. The molecule has 1 unspecified atom stereocenters. The SMILES string of the molecule is COc1ccc(C(NC(=O)c2ccc(C)n2C)C(=O)O)cc1. The highest BCUT2D eigenvalue weighted by molar-refractivity contribution is 5.95. The van der Waals surface area contributed by atoms with Crippen molar-refractivity contribution in [3.63, 3.8) is 0 Å². The quantitative estimate of drug-likeness (QED) is 0.884. The number of aliphatic carboxylic acids is 1. The van der Waals surface area contributed by atoms with Crippen LogP contribution in [0.5, 0.6) is 5.75 Å². The van der Waals surface area contributed by atoms with Crippen LogP contribution < -0.4 is 10.1 Å². The van der Waals surface area contributed by atoms with Crippen molar-refractivity contribution in [2.45, 2.75) is 13.0 Å². The van der Waals surface area contributed by atoms with Gasteiger partial charge in [-0.1, -0.05) is 12.1 Å². The first kappa shape index (κ1) is 15.6. The van der Waals surface area contributed by atoms with Crippen molar-refractivity contribution in [1.82, 2.24) is 9.88 Å². The van der Waals surface area contributed by atoms with E-state index in [-0.39, 0.29) is 0 Å². The monoisotopic (exact) mass is 302 g/mol. The third kappa shape index (κ3) is 3.11. The van der Waals surface area contributed by atoms with Gasteiger partial charge >= 0.3 is 5.97 Å². The second kappa shape index (κ2) is 6.34. The Kier molecular flexibility index (Phi) is 4.50. The molecule has 6 nitrogen and oxygen atoms in total. The van der Waals surface area contributed by atoms with E-state index < -0.39 is 17.9 Å². The van der Waals surface area contributed by atoms with E-state index in [1.54, 1.807) is 48.0 Å². The van der Waals surface area contributed by atoms with Crippen molar-refractivity contribution in [2.75, 3.05) is 7.11 Å². The Morgan fingerprint density at radius 2 is 1.82 bits per heavy atom. The van der Waals surface area contributed by atoms with E-state index in [0.29, 0.717) is 17.0 Å². The average Bonchev–Trinajstić information content (AvgIpc) is 2.84. The number of carbonyl (C=O) groups is 2. The smallest absolute Gasteiger partial charge is 0.330 e. The third-order valence-corrected chi connectivity index (χ3v) is 3.58. The summed E-state index contributed by atoms with van der Waals surface area (Å²) in [5, 5.41) is 11.9. The van der Waals surface area contributed by atoms with Crippen LogP contribution in [0, 0.1) is 6.92 Å². The number of amides is 1. The first-order chi connectivity index (χ1) is 10.4. The molecule has 0 saturated heterocycles. The lowest BCUT2D eigenvalue weighted by molar-refractivity contribution is -0.139. The van der Waals surface area contributed by atoms with Gasteiger partial charge in [-0.25, -0.2) is 4.79 Å². The molecule has 0 bridgehead atoms. The van der Waals surface area contributed by atoms with Crippen molar-refractivity contribution in [2.24, 2.45) is 7.05 Å². The molecule has 2 N–H and O–H groups in total.